The molecule has 0 saturated carbocycles. The summed E-state index contributed by atoms with van der Waals surface area (Å²) in [4.78, 5) is 9.78. The van der Waals surface area contributed by atoms with Gasteiger partial charge in [-0.3, -0.25) is 0 Å². The van der Waals surface area contributed by atoms with Gasteiger partial charge in [0.25, 0.3) is 5.96 Å². The number of guanidine groups is 1. The van der Waals surface area contributed by atoms with E-state index in [0.717, 1.165) is 0 Å². The summed E-state index contributed by atoms with van der Waals surface area (Å²) in [7, 11) is 0. The van der Waals surface area contributed by atoms with Crippen molar-refractivity contribution in [2.75, 3.05) is 5.88 Å². The van der Waals surface area contributed by atoms with Crippen molar-refractivity contribution in [3.63, 3.8) is 0 Å². The van der Waals surface area contributed by atoms with Crippen molar-refractivity contribution in [2.45, 2.75) is 6.92 Å². The van der Waals surface area contributed by atoms with Crippen LogP contribution >= 0.6 is 11.6 Å². The molecule has 0 saturated heterocycles. The van der Waals surface area contributed by atoms with Gasteiger partial charge in [-0.25, -0.2) is 10.1 Å². The minimum Gasteiger partial charge on any atom is -0.364 e. The molecule has 68 valence electrons. The van der Waals surface area contributed by atoms with Crippen molar-refractivity contribution >= 4 is 23.3 Å². The van der Waals surface area contributed by atoms with Crippen molar-refractivity contribution < 1.29 is 5.03 Å². The van der Waals surface area contributed by atoms with Crippen LogP contribution < -0.4 is 11.2 Å². The molecule has 7 nitrogen and oxygen atoms in total. The van der Waals surface area contributed by atoms with E-state index in [2.05, 4.69) is 10.2 Å². The number of rotatable bonds is 3. The van der Waals surface area contributed by atoms with Crippen molar-refractivity contribution in [1.29, 1.82) is 0 Å². The number of nitrogens with one attached hydrogen (secondary N) is 1. The van der Waals surface area contributed by atoms with Gasteiger partial charge in [0, 0.05) is 0 Å². The standard InChI is InChI=1S/C4H8ClN5O2/c1-3(2-5)7-8-4(6)9-10(11)12/h2H2,1H3,(H3,6,8,9). The molecule has 0 atom stereocenters. The fourth-order valence-corrected chi connectivity index (χ4v) is 0.335. The van der Waals surface area contributed by atoms with Gasteiger partial charge in [0.1, 0.15) is 0 Å². The number of nitrogens with zero attached hydrogens (tertiary/aromatic N) is 3. The smallest absolute Gasteiger partial charge is 0.275 e. The molecule has 0 aromatic heterocycles. The lowest BCUT2D eigenvalue weighted by Gasteiger charge is -1.92. The second kappa shape index (κ2) is 5.30. The first-order valence-corrected chi connectivity index (χ1v) is 3.43. The number of nitro groups is 1. The van der Waals surface area contributed by atoms with Gasteiger partial charge in [-0.1, -0.05) is 5.43 Å². The summed E-state index contributed by atoms with van der Waals surface area (Å²) in [5.74, 6) is -0.181. The van der Waals surface area contributed by atoms with E-state index in [1.54, 1.807) is 12.3 Å². The van der Waals surface area contributed by atoms with Crippen LogP contribution in [-0.2, 0) is 0 Å². The maximum Gasteiger partial charge on any atom is 0.275 e. The number of nitrogens with two attached hydrogens (primary N) is 1. The van der Waals surface area contributed by atoms with Gasteiger partial charge in [-0.05, 0) is 6.92 Å². The summed E-state index contributed by atoms with van der Waals surface area (Å²) in [6.45, 7) is 1.62. The highest BCUT2D eigenvalue weighted by molar-refractivity contribution is 6.28. The Bertz CT molecular complexity index is 225. The Kier molecular flexibility index (Phi) is 4.70. The van der Waals surface area contributed by atoms with E-state index in [0.29, 0.717) is 5.71 Å². The molecule has 0 rings (SSSR count). The molecule has 0 amide bonds. The Labute approximate surface area is 73.4 Å². The van der Waals surface area contributed by atoms with Crippen LogP contribution in [-0.4, -0.2) is 22.6 Å². The number of hydrogen-bond acceptors (Lipinski definition) is 4. The molecule has 8 heteroatoms. The third-order valence-electron chi connectivity index (χ3n) is 0.728. The fourth-order valence-electron chi connectivity index (χ4n) is 0.282. The maximum absolute atomic E-state index is 9.78. The summed E-state index contributed by atoms with van der Waals surface area (Å²) < 4.78 is 0. The van der Waals surface area contributed by atoms with E-state index in [-0.39, 0.29) is 11.8 Å². The summed E-state index contributed by atoms with van der Waals surface area (Å²) in [6.07, 6.45) is 0. The van der Waals surface area contributed by atoms with Gasteiger partial charge in [0.2, 0.25) is 0 Å². The Hall–Kier alpha value is -1.37. The summed E-state index contributed by atoms with van der Waals surface area (Å²) >= 11 is 5.35. The highest BCUT2D eigenvalue weighted by Gasteiger charge is 1.97. The van der Waals surface area contributed by atoms with Gasteiger partial charge >= 0.3 is 0 Å². The Morgan fingerprint density at radius 1 is 1.75 bits per heavy atom. The molecule has 3 N–H and O–H groups in total. The molecule has 0 radical (unpaired) electrons. The lowest BCUT2D eigenvalue weighted by Crippen LogP contribution is -2.35. The molecule has 0 spiro atoms. The van der Waals surface area contributed by atoms with Crippen LogP contribution in [0.2, 0.25) is 0 Å². The lowest BCUT2D eigenvalue weighted by molar-refractivity contribution is -0.525. The summed E-state index contributed by atoms with van der Waals surface area (Å²) in [5.41, 5.74) is 7.16. The van der Waals surface area contributed by atoms with Crippen LogP contribution in [0.25, 0.3) is 0 Å². The molecule has 0 heterocycles. The molecule has 0 aromatic carbocycles. The second-order valence-corrected chi connectivity index (χ2v) is 2.09. The van der Waals surface area contributed by atoms with Crippen molar-refractivity contribution in [2.24, 2.45) is 15.9 Å². The van der Waals surface area contributed by atoms with Gasteiger partial charge < -0.3 is 5.73 Å². The van der Waals surface area contributed by atoms with Crippen LogP contribution in [0.15, 0.2) is 10.2 Å². The Morgan fingerprint density at radius 3 is 2.75 bits per heavy atom. The summed E-state index contributed by atoms with van der Waals surface area (Å²) in [5, 5.41) is 15.7. The monoisotopic (exact) mass is 193 g/mol. The van der Waals surface area contributed by atoms with E-state index in [1.165, 1.54) is 0 Å². The molecule has 0 aromatic rings. The number of halogens is 1. The molecular formula is C4H8ClN5O2. The molecule has 0 bridgehead atoms. The normalized spacial score (nSPS) is 12.8. The summed E-state index contributed by atoms with van der Waals surface area (Å²) in [6, 6.07) is 0. The van der Waals surface area contributed by atoms with Gasteiger partial charge in [-0.15, -0.1) is 16.7 Å². The average molecular weight is 194 g/mol. The third-order valence-corrected chi connectivity index (χ3v) is 1.11. The minimum atomic E-state index is -0.829. The van der Waals surface area contributed by atoms with E-state index >= 15 is 0 Å². The number of alkyl halides is 1. The Morgan fingerprint density at radius 2 is 2.33 bits per heavy atom. The highest BCUT2D eigenvalue weighted by Crippen LogP contribution is 1.82. The van der Waals surface area contributed by atoms with Crippen LogP contribution in [0.4, 0.5) is 0 Å². The van der Waals surface area contributed by atoms with Crippen molar-refractivity contribution in [3.05, 3.63) is 10.1 Å². The van der Waals surface area contributed by atoms with Crippen LogP contribution in [0.3, 0.4) is 0 Å². The van der Waals surface area contributed by atoms with E-state index in [1.807, 2.05) is 0 Å². The topological polar surface area (TPSA) is 106 Å². The van der Waals surface area contributed by atoms with Crippen molar-refractivity contribution in [1.82, 2.24) is 5.43 Å². The molecular weight excluding hydrogens is 186 g/mol. The highest BCUT2D eigenvalue weighted by atomic mass is 35.5. The Balaban J connectivity index is 4.08. The zero-order valence-electron chi connectivity index (χ0n) is 6.32. The zero-order chi connectivity index (χ0) is 9.56. The predicted octanol–water partition coefficient (Wildman–Crippen LogP) is -0.303. The first kappa shape index (κ1) is 10.6. The zero-order valence-corrected chi connectivity index (χ0v) is 7.08. The number of hydrazine groups is 1. The van der Waals surface area contributed by atoms with E-state index in [9.17, 15) is 10.1 Å². The van der Waals surface area contributed by atoms with Gasteiger partial charge in [0.05, 0.1) is 11.6 Å². The molecule has 12 heavy (non-hydrogen) atoms. The predicted molar refractivity (Wildman–Crippen MR) is 45.6 cm³/mol. The van der Waals surface area contributed by atoms with Crippen LogP contribution in [0, 0.1) is 10.1 Å². The van der Waals surface area contributed by atoms with E-state index < -0.39 is 5.03 Å². The van der Waals surface area contributed by atoms with Crippen LogP contribution in [0.1, 0.15) is 6.92 Å². The molecule has 0 aliphatic rings. The lowest BCUT2D eigenvalue weighted by atomic mass is 10.5. The molecule has 0 aliphatic heterocycles. The number of hydrogen-bond donors (Lipinski definition) is 2. The van der Waals surface area contributed by atoms with Crippen molar-refractivity contribution in [3.8, 4) is 0 Å². The quantitative estimate of drug-likeness (QED) is 0.211. The van der Waals surface area contributed by atoms with Crippen LogP contribution in [0.5, 0.6) is 0 Å². The second-order valence-electron chi connectivity index (χ2n) is 1.82. The first-order chi connectivity index (χ1) is 5.56. The molecule has 0 unspecified atom stereocenters. The largest absolute Gasteiger partial charge is 0.364 e. The minimum absolute atomic E-state index is 0.204. The third kappa shape index (κ3) is 5.42. The van der Waals surface area contributed by atoms with Gasteiger partial charge in [0.15, 0.2) is 5.03 Å². The molecule has 0 aliphatic carbocycles. The van der Waals surface area contributed by atoms with E-state index in [4.69, 9.17) is 17.3 Å². The molecule has 0 fully saturated rings. The van der Waals surface area contributed by atoms with Gasteiger partial charge in [-0.2, -0.15) is 5.10 Å². The SMILES string of the molecule is CC(CCl)=N/N=C(\N)N[N+](=O)[O-]. The average Bonchev–Trinajstić information content (AvgIpc) is 1.99. The fraction of sp³-hybridized carbons (Fsp3) is 0.500. The maximum atomic E-state index is 9.78. The first-order valence-electron chi connectivity index (χ1n) is 2.90.